The molecule has 2 atom stereocenters. The Bertz CT molecular complexity index is 262. The quantitative estimate of drug-likeness (QED) is 0.656. The second-order valence-corrected chi connectivity index (χ2v) is 4.57. The van der Waals surface area contributed by atoms with Crippen LogP contribution in [0.15, 0.2) is 12.2 Å². The van der Waals surface area contributed by atoms with Crippen molar-refractivity contribution in [1.82, 2.24) is 10.2 Å². The molecule has 1 fully saturated rings. The van der Waals surface area contributed by atoms with Gasteiger partial charge in [-0.25, -0.2) is 0 Å². The number of hydrogen-bond donors (Lipinski definition) is 1. The van der Waals surface area contributed by atoms with Gasteiger partial charge in [0.05, 0.1) is 0 Å². The molecular formula is C12H20N2O. The van der Waals surface area contributed by atoms with Gasteiger partial charge in [0.1, 0.15) is 0 Å². The Kier molecular flexibility index (Phi) is 3.41. The molecule has 1 heterocycles. The molecule has 0 spiro atoms. The van der Waals surface area contributed by atoms with Crippen LogP contribution in [0.2, 0.25) is 0 Å². The van der Waals surface area contributed by atoms with Crippen LogP contribution in [-0.2, 0) is 4.79 Å². The second kappa shape index (κ2) is 4.79. The first kappa shape index (κ1) is 10.7. The van der Waals surface area contributed by atoms with Crippen molar-refractivity contribution in [3.63, 3.8) is 0 Å². The molecule has 2 rings (SSSR count). The van der Waals surface area contributed by atoms with Gasteiger partial charge in [-0.3, -0.25) is 4.79 Å². The van der Waals surface area contributed by atoms with E-state index in [1.807, 2.05) is 0 Å². The topological polar surface area (TPSA) is 32.3 Å². The summed E-state index contributed by atoms with van der Waals surface area (Å²) in [5.41, 5.74) is 0. The first-order chi connectivity index (χ1) is 7.29. The van der Waals surface area contributed by atoms with Gasteiger partial charge in [-0.2, -0.15) is 0 Å². The van der Waals surface area contributed by atoms with Crippen LogP contribution >= 0.6 is 0 Å². The molecule has 2 aliphatic rings. The molecule has 0 aromatic carbocycles. The summed E-state index contributed by atoms with van der Waals surface area (Å²) in [5, 5.41) is 3.31. The lowest BCUT2D eigenvalue weighted by Gasteiger charge is -2.36. The fraction of sp³-hybridized carbons (Fsp3) is 0.750. The largest absolute Gasteiger partial charge is 0.337 e. The number of nitrogens with zero attached hydrogens (tertiary/aromatic N) is 1. The molecular weight excluding hydrogens is 188 g/mol. The van der Waals surface area contributed by atoms with Gasteiger partial charge in [-0.1, -0.05) is 12.2 Å². The number of allylic oxidation sites excluding steroid dienone is 2. The van der Waals surface area contributed by atoms with Crippen LogP contribution in [0.25, 0.3) is 0 Å². The highest BCUT2D eigenvalue weighted by atomic mass is 16.2. The zero-order valence-electron chi connectivity index (χ0n) is 9.41. The first-order valence-electron chi connectivity index (χ1n) is 5.95. The molecule has 0 saturated carbocycles. The lowest BCUT2D eigenvalue weighted by molar-refractivity contribution is -0.138. The van der Waals surface area contributed by atoms with Crippen LogP contribution in [0, 0.1) is 5.92 Å². The molecule has 1 aliphatic carbocycles. The van der Waals surface area contributed by atoms with Gasteiger partial charge >= 0.3 is 0 Å². The lowest BCUT2D eigenvalue weighted by Crippen LogP contribution is -2.53. The molecule has 1 amide bonds. The number of carbonyl (C=O) groups excluding carboxylic acids is 1. The maximum Gasteiger partial charge on any atom is 0.226 e. The smallest absolute Gasteiger partial charge is 0.226 e. The van der Waals surface area contributed by atoms with Crippen molar-refractivity contribution in [2.24, 2.45) is 5.92 Å². The highest BCUT2D eigenvalue weighted by Crippen LogP contribution is 2.21. The molecule has 84 valence electrons. The highest BCUT2D eigenvalue weighted by Gasteiger charge is 2.28. The van der Waals surface area contributed by atoms with Crippen molar-refractivity contribution in [3.05, 3.63) is 12.2 Å². The van der Waals surface area contributed by atoms with Gasteiger partial charge in [0.2, 0.25) is 5.91 Å². The van der Waals surface area contributed by atoms with E-state index in [-0.39, 0.29) is 5.92 Å². The van der Waals surface area contributed by atoms with Crippen molar-refractivity contribution in [2.75, 3.05) is 19.6 Å². The molecule has 15 heavy (non-hydrogen) atoms. The van der Waals surface area contributed by atoms with Crippen molar-refractivity contribution < 1.29 is 4.79 Å². The first-order valence-corrected chi connectivity index (χ1v) is 5.95. The minimum atomic E-state index is 0.246. The molecule has 0 radical (unpaired) electrons. The average molecular weight is 208 g/mol. The Morgan fingerprint density at radius 2 is 2.33 bits per heavy atom. The van der Waals surface area contributed by atoms with Crippen LogP contribution in [0.3, 0.4) is 0 Å². The van der Waals surface area contributed by atoms with E-state index in [1.54, 1.807) is 0 Å². The number of nitrogens with one attached hydrogen (secondary N) is 1. The normalized spacial score (nSPS) is 31.7. The number of amides is 1. The average Bonchev–Trinajstić information content (AvgIpc) is 2.30. The molecule has 1 saturated heterocycles. The SMILES string of the molecule is C[C@@H]1CNCCN1C(=O)C1CC=CCC1. The van der Waals surface area contributed by atoms with E-state index in [0.717, 1.165) is 38.9 Å². The van der Waals surface area contributed by atoms with Crippen molar-refractivity contribution >= 4 is 5.91 Å². The van der Waals surface area contributed by atoms with Crippen molar-refractivity contribution in [1.29, 1.82) is 0 Å². The van der Waals surface area contributed by atoms with Crippen molar-refractivity contribution in [2.45, 2.75) is 32.2 Å². The van der Waals surface area contributed by atoms with Crippen LogP contribution in [-0.4, -0.2) is 36.5 Å². The Labute approximate surface area is 91.5 Å². The van der Waals surface area contributed by atoms with Gasteiger partial charge in [0.25, 0.3) is 0 Å². The summed E-state index contributed by atoms with van der Waals surface area (Å²) in [5.74, 6) is 0.615. The van der Waals surface area contributed by atoms with Crippen LogP contribution in [0.4, 0.5) is 0 Å². The number of carbonyl (C=O) groups is 1. The predicted octanol–water partition coefficient (Wildman–Crippen LogP) is 1.16. The van der Waals surface area contributed by atoms with E-state index in [4.69, 9.17) is 0 Å². The van der Waals surface area contributed by atoms with Gasteiger partial charge in [-0.05, 0) is 26.2 Å². The summed E-state index contributed by atoms with van der Waals surface area (Å²) in [6.07, 6.45) is 7.38. The summed E-state index contributed by atoms with van der Waals surface area (Å²) in [4.78, 5) is 14.3. The maximum absolute atomic E-state index is 12.2. The van der Waals surface area contributed by atoms with E-state index < -0.39 is 0 Å². The zero-order chi connectivity index (χ0) is 10.7. The molecule has 0 bridgehead atoms. The summed E-state index contributed by atoms with van der Waals surface area (Å²) >= 11 is 0. The van der Waals surface area contributed by atoms with Gasteiger partial charge in [0, 0.05) is 31.6 Å². The van der Waals surface area contributed by atoms with Gasteiger partial charge in [0.15, 0.2) is 0 Å². The molecule has 3 heteroatoms. The Morgan fingerprint density at radius 3 is 3.00 bits per heavy atom. The van der Waals surface area contributed by atoms with Gasteiger partial charge < -0.3 is 10.2 Å². The highest BCUT2D eigenvalue weighted by molar-refractivity contribution is 5.79. The van der Waals surface area contributed by atoms with Crippen LogP contribution in [0.5, 0.6) is 0 Å². The lowest BCUT2D eigenvalue weighted by atomic mass is 9.92. The van der Waals surface area contributed by atoms with Crippen LogP contribution < -0.4 is 5.32 Å². The standard InChI is InChI=1S/C12H20N2O/c1-10-9-13-7-8-14(10)12(15)11-5-3-2-4-6-11/h2-3,10-11,13H,4-9H2,1H3/t10-,11?/m1/s1. The van der Waals surface area contributed by atoms with E-state index in [0.29, 0.717) is 11.9 Å². The Morgan fingerprint density at radius 1 is 1.47 bits per heavy atom. The van der Waals surface area contributed by atoms with Gasteiger partial charge in [-0.15, -0.1) is 0 Å². The summed E-state index contributed by atoms with van der Waals surface area (Å²) in [6, 6.07) is 0.358. The summed E-state index contributed by atoms with van der Waals surface area (Å²) in [6.45, 7) is 4.88. The minimum Gasteiger partial charge on any atom is -0.337 e. The number of piperazine rings is 1. The second-order valence-electron chi connectivity index (χ2n) is 4.57. The zero-order valence-corrected chi connectivity index (χ0v) is 9.41. The Balaban J connectivity index is 1.96. The molecule has 0 aromatic heterocycles. The summed E-state index contributed by atoms with van der Waals surface area (Å²) in [7, 11) is 0. The van der Waals surface area contributed by atoms with Crippen molar-refractivity contribution in [3.8, 4) is 0 Å². The maximum atomic E-state index is 12.2. The Hall–Kier alpha value is -0.830. The molecule has 1 unspecified atom stereocenters. The third-order valence-electron chi connectivity index (χ3n) is 3.40. The summed E-state index contributed by atoms with van der Waals surface area (Å²) < 4.78 is 0. The molecule has 1 aliphatic heterocycles. The van der Waals surface area contributed by atoms with E-state index in [1.165, 1.54) is 0 Å². The fourth-order valence-electron chi connectivity index (χ4n) is 2.42. The van der Waals surface area contributed by atoms with E-state index in [9.17, 15) is 4.79 Å². The third kappa shape index (κ3) is 2.40. The fourth-order valence-corrected chi connectivity index (χ4v) is 2.42. The molecule has 3 nitrogen and oxygen atoms in total. The van der Waals surface area contributed by atoms with E-state index >= 15 is 0 Å². The monoisotopic (exact) mass is 208 g/mol. The number of hydrogen-bond acceptors (Lipinski definition) is 2. The molecule has 0 aromatic rings. The third-order valence-corrected chi connectivity index (χ3v) is 3.40. The molecule has 1 N–H and O–H groups in total. The minimum absolute atomic E-state index is 0.246. The van der Waals surface area contributed by atoms with E-state index in [2.05, 4.69) is 29.3 Å². The number of rotatable bonds is 1. The predicted molar refractivity (Wildman–Crippen MR) is 60.5 cm³/mol. The van der Waals surface area contributed by atoms with Crippen LogP contribution in [0.1, 0.15) is 26.2 Å².